The molecule has 0 saturated heterocycles. The minimum absolute atomic E-state index is 0.307. The van der Waals surface area contributed by atoms with Gasteiger partial charge >= 0.3 is 0 Å². The van der Waals surface area contributed by atoms with Crippen LogP contribution < -0.4 is 5.73 Å². The zero-order valence-electron chi connectivity index (χ0n) is 7.60. The van der Waals surface area contributed by atoms with Crippen molar-refractivity contribution in [3.05, 3.63) is 41.7 Å². The predicted molar refractivity (Wildman–Crippen MR) is 55.7 cm³/mol. The molecule has 0 fully saturated rings. The molecule has 2 heteroatoms. The van der Waals surface area contributed by atoms with Crippen molar-refractivity contribution in [1.29, 1.82) is 0 Å². The summed E-state index contributed by atoms with van der Waals surface area (Å²) in [6.45, 7) is 8.93. The first kappa shape index (κ1) is 9.52. The lowest BCUT2D eigenvalue weighted by Crippen LogP contribution is -1.97. The second-order valence-corrected chi connectivity index (χ2v) is 2.81. The molecule has 1 aromatic carbocycles. The fourth-order valence-electron chi connectivity index (χ4n) is 1.30. The van der Waals surface area contributed by atoms with E-state index in [1.807, 2.05) is 0 Å². The summed E-state index contributed by atoms with van der Waals surface area (Å²) in [4.78, 5) is 0. The highest BCUT2D eigenvalue weighted by Gasteiger charge is 2.08. The molecule has 2 N–H and O–H groups in total. The van der Waals surface area contributed by atoms with E-state index in [-0.39, 0.29) is 5.82 Å². The van der Waals surface area contributed by atoms with Gasteiger partial charge in [0.2, 0.25) is 0 Å². The maximum Gasteiger partial charge on any atom is 0.128 e. The molecule has 0 aliphatic carbocycles. The van der Waals surface area contributed by atoms with Crippen LogP contribution in [0.2, 0.25) is 0 Å². The van der Waals surface area contributed by atoms with Gasteiger partial charge in [0, 0.05) is 11.3 Å². The van der Waals surface area contributed by atoms with E-state index in [1.165, 1.54) is 6.07 Å². The van der Waals surface area contributed by atoms with Crippen LogP contribution in [0.3, 0.4) is 0 Å². The summed E-state index contributed by atoms with van der Waals surface area (Å²) in [6, 6.07) is 1.30. The van der Waals surface area contributed by atoms with Crippen molar-refractivity contribution in [2.24, 2.45) is 0 Å². The summed E-state index contributed by atoms with van der Waals surface area (Å²) in [5.41, 5.74) is 8.03. The van der Waals surface area contributed by atoms with Crippen LogP contribution in [0.1, 0.15) is 16.7 Å². The number of rotatable bonds is 2. The largest absolute Gasteiger partial charge is 0.398 e. The van der Waals surface area contributed by atoms with Gasteiger partial charge in [0.05, 0.1) is 0 Å². The van der Waals surface area contributed by atoms with Crippen molar-refractivity contribution in [2.75, 3.05) is 5.73 Å². The van der Waals surface area contributed by atoms with E-state index in [0.29, 0.717) is 16.8 Å². The van der Waals surface area contributed by atoms with E-state index in [9.17, 15) is 4.39 Å². The average molecular weight is 177 g/mol. The molecule has 13 heavy (non-hydrogen) atoms. The first-order valence-electron chi connectivity index (χ1n) is 3.95. The Hall–Kier alpha value is -1.57. The Balaban J connectivity index is 3.59. The molecule has 0 amide bonds. The third-order valence-corrected chi connectivity index (χ3v) is 2.05. The molecule has 0 unspecified atom stereocenters. The van der Waals surface area contributed by atoms with Crippen LogP contribution in [0.25, 0.3) is 12.2 Å². The lowest BCUT2D eigenvalue weighted by Gasteiger charge is -2.09. The van der Waals surface area contributed by atoms with Crippen molar-refractivity contribution in [1.82, 2.24) is 0 Å². The zero-order valence-corrected chi connectivity index (χ0v) is 7.60. The van der Waals surface area contributed by atoms with Crippen LogP contribution in [0.4, 0.5) is 10.1 Å². The van der Waals surface area contributed by atoms with Gasteiger partial charge in [0.25, 0.3) is 0 Å². The highest BCUT2D eigenvalue weighted by Crippen LogP contribution is 2.25. The molecule has 68 valence electrons. The maximum absolute atomic E-state index is 13.2. The van der Waals surface area contributed by atoms with E-state index in [4.69, 9.17) is 5.73 Å². The van der Waals surface area contributed by atoms with Crippen LogP contribution in [0.5, 0.6) is 0 Å². The van der Waals surface area contributed by atoms with E-state index >= 15 is 0 Å². The van der Waals surface area contributed by atoms with Gasteiger partial charge in [0.1, 0.15) is 5.82 Å². The third-order valence-electron chi connectivity index (χ3n) is 2.05. The fraction of sp³-hybridized carbons (Fsp3) is 0.0909. The molecular weight excluding hydrogens is 165 g/mol. The van der Waals surface area contributed by atoms with Crippen molar-refractivity contribution in [3.63, 3.8) is 0 Å². The maximum atomic E-state index is 13.2. The summed E-state index contributed by atoms with van der Waals surface area (Å²) in [5.74, 6) is -0.307. The number of nitrogens with two attached hydrogens (primary N) is 1. The number of anilines is 1. The minimum atomic E-state index is -0.307. The highest BCUT2D eigenvalue weighted by atomic mass is 19.1. The molecular formula is C11H12FN. The Morgan fingerprint density at radius 1 is 1.31 bits per heavy atom. The number of halogens is 1. The van der Waals surface area contributed by atoms with Gasteiger partial charge in [-0.2, -0.15) is 0 Å². The summed E-state index contributed by atoms with van der Waals surface area (Å²) in [5, 5.41) is 0. The molecule has 0 aromatic heterocycles. The van der Waals surface area contributed by atoms with Gasteiger partial charge in [-0.05, 0) is 24.1 Å². The summed E-state index contributed by atoms with van der Waals surface area (Å²) in [6.07, 6.45) is 3.20. The van der Waals surface area contributed by atoms with Gasteiger partial charge in [-0.3, -0.25) is 0 Å². The first-order valence-corrected chi connectivity index (χ1v) is 3.95. The van der Waals surface area contributed by atoms with Gasteiger partial charge in [0.15, 0.2) is 0 Å². The zero-order chi connectivity index (χ0) is 10.0. The van der Waals surface area contributed by atoms with Crippen molar-refractivity contribution < 1.29 is 4.39 Å². The SMILES string of the molecule is C=Cc1c(N)cc(F)c(C)c1C=C. The Kier molecular flexibility index (Phi) is 2.52. The van der Waals surface area contributed by atoms with E-state index in [2.05, 4.69) is 13.2 Å². The quantitative estimate of drug-likeness (QED) is 0.690. The Morgan fingerprint density at radius 3 is 2.31 bits per heavy atom. The van der Waals surface area contributed by atoms with Gasteiger partial charge in [-0.25, -0.2) is 4.39 Å². The van der Waals surface area contributed by atoms with Gasteiger partial charge in [-0.15, -0.1) is 0 Å². The smallest absolute Gasteiger partial charge is 0.128 e. The van der Waals surface area contributed by atoms with Gasteiger partial charge < -0.3 is 5.73 Å². The molecule has 1 aromatic rings. The summed E-state index contributed by atoms with van der Waals surface area (Å²) in [7, 11) is 0. The molecule has 0 bridgehead atoms. The number of benzene rings is 1. The monoisotopic (exact) mass is 177 g/mol. The van der Waals surface area contributed by atoms with E-state index in [0.717, 1.165) is 5.56 Å². The summed E-state index contributed by atoms with van der Waals surface area (Å²) >= 11 is 0. The average Bonchev–Trinajstić information content (AvgIpc) is 2.10. The number of nitrogen functional groups attached to an aromatic ring is 1. The number of hydrogen-bond acceptors (Lipinski definition) is 1. The standard InChI is InChI=1S/C11H12FN/c1-4-8-7(3)10(12)6-11(13)9(8)5-2/h4-6H,1-2,13H2,3H3. The molecule has 0 atom stereocenters. The molecule has 0 heterocycles. The third kappa shape index (κ3) is 1.47. The minimum Gasteiger partial charge on any atom is -0.398 e. The number of hydrogen-bond donors (Lipinski definition) is 1. The Labute approximate surface area is 77.4 Å². The van der Waals surface area contributed by atoms with Crippen molar-refractivity contribution in [2.45, 2.75) is 6.92 Å². The van der Waals surface area contributed by atoms with Crippen LogP contribution in [0.15, 0.2) is 19.2 Å². The summed E-state index contributed by atoms with van der Waals surface area (Å²) < 4.78 is 13.2. The fourth-order valence-corrected chi connectivity index (χ4v) is 1.30. The first-order chi connectivity index (χ1) is 6.11. The molecule has 0 aliphatic rings. The molecule has 0 spiro atoms. The topological polar surface area (TPSA) is 26.0 Å². The second-order valence-electron chi connectivity index (χ2n) is 2.81. The molecule has 0 aliphatic heterocycles. The molecule has 0 radical (unpaired) electrons. The van der Waals surface area contributed by atoms with E-state index in [1.54, 1.807) is 19.1 Å². The van der Waals surface area contributed by atoms with Crippen LogP contribution in [-0.2, 0) is 0 Å². The molecule has 1 nitrogen and oxygen atoms in total. The molecule has 0 saturated carbocycles. The highest BCUT2D eigenvalue weighted by molar-refractivity contribution is 5.75. The lowest BCUT2D eigenvalue weighted by atomic mass is 9.99. The van der Waals surface area contributed by atoms with Crippen LogP contribution in [0, 0.1) is 12.7 Å². The van der Waals surface area contributed by atoms with E-state index < -0.39 is 0 Å². The van der Waals surface area contributed by atoms with Crippen LogP contribution >= 0.6 is 0 Å². The van der Waals surface area contributed by atoms with Crippen molar-refractivity contribution >= 4 is 17.8 Å². The second kappa shape index (κ2) is 3.44. The van der Waals surface area contributed by atoms with Gasteiger partial charge in [-0.1, -0.05) is 25.3 Å². The van der Waals surface area contributed by atoms with Crippen LogP contribution in [-0.4, -0.2) is 0 Å². The lowest BCUT2D eigenvalue weighted by molar-refractivity contribution is 0.618. The van der Waals surface area contributed by atoms with Crippen molar-refractivity contribution in [3.8, 4) is 0 Å². The predicted octanol–water partition coefficient (Wildman–Crippen LogP) is 3.00. The Bertz CT molecular complexity index is 367. The molecule has 1 rings (SSSR count). The normalized spacial score (nSPS) is 9.69. The Morgan fingerprint density at radius 2 is 1.85 bits per heavy atom.